The van der Waals surface area contributed by atoms with E-state index in [0.717, 1.165) is 34.7 Å². The van der Waals surface area contributed by atoms with E-state index in [1.165, 1.54) is 11.0 Å². The van der Waals surface area contributed by atoms with Gasteiger partial charge in [0.2, 0.25) is 29.5 Å². The van der Waals surface area contributed by atoms with E-state index in [-0.39, 0.29) is 44.5 Å². The van der Waals surface area contributed by atoms with Gasteiger partial charge in [0, 0.05) is 61.7 Å². The molecule has 1 aliphatic heterocycles. The van der Waals surface area contributed by atoms with Crippen LogP contribution in [0.25, 0.3) is 11.1 Å². The third-order valence-corrected chi connectivity index (χ3v) is 9.62. The number of aliphatic carboxylic acids is 1. The Hall–Kier alpha value is -5.98. The van der Waals surface area contributed by atoms with E-state index in [0.29, 0.717) is 17.8 Å². The molecule has 16 nitrogen and oxygen atoms in total. The molecule has 0 saturated heterocycles. The number of aromatic nitrogens is 1. The molecule has 0 saturated carbocycles. The van der Waals surface area contributed by atoms with Crippen LogP contribution in [0.2, 0.25) is 0 Å². The summed E-state index contributed by atoms with van der Waals surface area (Å²) in [5.74, 6) is -5.92. The Labute approximate surface area is 340 Å². The summed E-state index contributed by atoms with van der Waals surface area (Å²) in [6, 6.07) is 10.9. The number of halogens is 2. The highest BCUT2D eigenvalue weighted by Gasteiger charge is 2.37. The molecule has 4 rings (SSSR count). The average molecular weight is 824 g/mol. The monoisotopic (exact) mass is 823 g/mol. The second-order valence-electron chi connectivity index (χ2n) is 15.2. The van der Waals surface area contributed by atoms with Gasteiger partial charge >= 0.3 is 5.97 Å². The lowest BCUT2D eigenvalue weighted by Crippen LogP contribution is -2.48. The molecule has 1 aromatic heterocycles. The van der Waals surface area contributed by atoms with E-state index in [4.69, 9.17) is 5.73 Å². The Bertz CT molecular complexity index is 2020. The number of hydrogen-bond acceptors (Lipinski definition) is 9. The summed E-state index contributed by atoms with van der Waals surface area (Å²) in [6.07, 6.45) is 2.02. The van der Waals surface area contributed by atoms with Gasteiger partial charge in [-0.05, 0) is 54.2 Å². The number of carboxylic acid groups (broad SMARTS) is 1. The van der Waals surface area contributed by atoms with Crippen LogP contribution in [0, 0.1) is 17.0 Å². The maximum Gasteiger partial charge on any atom is 0.326 e. The number of benzene rings is 2. The minimum absolute atomic E-state index is 0.0295. The van der Waals surface area contributed by atoms with E-state index >= 15 is 4.39 Å². The fourth-order valence-electron chi connectivity index (χ4n) is 6.71. The smallest absolute Gasteiger partial charge is 0.326 e. The number of aliphatic hydroxyl groups is 2. The Kier molecular flexibility index (Phi) is 16.0. The number of carbonyl (C=O) groups excluding carboxylic acids is 5. The molecule has 0 bridgehead atoms. The van der Waals surface area contributed by atoms with Crippen molar-refractivity contribution in [3.63, 3.8) is 0 Å². The highest BCUT2D eigenvalue weighted by Crippen LogP contribution is 2.41. The van der Waals surface area contributed by atoms with Gasteiger partial charge in [-0.3, -0.25) is 24.0 Å². The highest BCUT2D eigenvalue weighted by atomic mass is 19.1. The van der Waals surface area contributed by atoms with E-state index in [2.05, 4.69) is 16.0 Å². The van der Waals surface area contributed by atoms with Gasteiger partial charge in [0.1, 0.15) is 37.1 Å². The number of nitrogens with one attached hydrogen (secondary N) is 3. The number of hydrogen-bond donors (Lipinski definition) is 7. The van der Waals surface area contributed by atoms with E-state index in [1.807, 2.05) is 55.7 Å². The summed E-state index contributed by atoms with van der Waals surface area (Å²) in [4.78, 5) is 76.8. The van der Waals surface area contributed by atoms with Crippen molar-refractivity contribution < 1.29 is 52.9 Å². The maximum absolute atomic E-state index is 15.0. The molecule has 2 heterocycles. The molecule has 59 heavy (non-hydrogen) atoms. The first kappa shape index (κ1) is 45.7. The molecular weight excluding hydrogens is 772 g/mol. The normalized spacial score (nSPS) is 15.4. The third kappa shape index (κ3) is 12.8. The largest absolute Gasteiger partial charge is 0.480 e. The number of amides is 5. The van der Waals surface area contributed by atoms with E-state index in [9.17, 15) is 48.5 Å². The van der Waals surface area contributed by atoms with Crippen molar-refractivity contribution in [1.29, 1.82) is 0 Å². The minimum atomic E-state index is -1.45. The molecule has 2 aromatic carbocycles. The number of nitrogens with zero attached hydrogens (tertiary/aromatic N) is 3. The molecule has 4 atom stereocenters. The Morgan fingerprint density at radius 1 is 0.966 bits per heavy atom. The molecule has 318 valence electrons. The van der Waals surface area contributed by atoms with Gasteiger partial charge in [0.25, 0.3) is 0 Å². The summed E-state index contributed by atoms with van der Waals surface area (Å²) in [5, 5.41) is 36.7. The predicted molar refractivity (Wildman–Crippen MR) is 211 cm³/mol. The number of nitrogens with two attached hydrogens (primary N) is 1. The van der Waals surface area contributed by atoms with Crippen LogP contribution in [0.3, 0.4) is 0 Å². The predicted octanol–water partition coefficient (Wildman–Crippen LogP) is 1.41. The average Bonchev–Trinajstić information content (AvgIpc) is 3.73. The van der Waals surface area contributed by atoms with Gasteiger partial charge in [-0.15, -0.1) is 0 Å². The number of rotatable bonds is 20. The van der Waals surface area contributed by atoms with Crippen molar-refractivity contribution in [2.45, 2.75) is 70.9 Å². The topological polar surface area (TPSA) is 237 Å². The fourth-order valence-corrected chi connectivity index (χ4v) is 6.71. The van der Waals surface area contributed by atoms with Crippen LogP contribution in [-0.4, -0.2) is 116 Å². The van der Waals surface area contributed by atoms with Gasteiger partial charge in [-0.1, -0.05) is 51.1 Å². The summed E-state index contributed by atoms with van der Waals surface area (Å²) in [6.45, 7) is 4.39. The van der Waals surface area contributed by atoms with Crippen molar-refractivity contribution in [2.75, 3.05) is 32.8 Å². The van der Waals surface area contributed by atoms with Crippen LogP contribution in [0.4, 0.5) is 8.78 Å². The maximum atomic E-state index is 15.0. The molecular formula is C41H51F2N7O9. The van der Waals surface area contributed by atoms with Crippen molar-refractivity contribution >= 4 is 35.5 Å². The number of carbonyl (C=O) groups is 6. The zero-order chi connectivity index (χ0) is 43.4. The number of aliphatic hydroxyl groups excluding tert-OH is 2. The van der Waals surface area contributed by atoms with E-state index < -0.39 is 90.1 Å². The summed E-state index contributed by atoms with van der Waals surface area (Å²) in [5.41, 5.74) is 7.44. The lowest BCUT2D eigenvalue weighted by atomic mass is 9.82. The Balaban J connectivity index is 1.37. The highest BCUT2D eigenvalue weighted by molar-refractivity contribution is 5.94. The molecule has 0 aliphatic carbocycles. The quantitative estimate of drug-likeness (QED) is 0.0810. The van der Waals surface area contributed by atoms with Crippen molar-refractivity contribution in [3.05, 3.63) is 95.8 Å². The van der Waals surface area contributed by atoms with Crippen LogP contribution in [0.5, 0.6) is 0 Å². The van der Waals surface area contributed by atoms with Gasteiger partial charge in [0.05, 0.1) is 12.1 Å². The van der Waals surface area contributed by atoms with E-state index in [1.54, 1.807) is 12.3 Å². The van der Waals surface area contributed by atoms with Crippen LogP contribution in [0.1, 0.15) is 57.3 Å². The minimum Gasteiger partial charge on any atom is -0.480 e. The summed E-state index contributed by atoms with van der Waals surface area (Å²) < 4.78 is 31.2. The lowest BCUT2D eigenvalue weighted by Gasteiger charge is -2.41. The summed E-state index contributed by atoms with van der Waals surface area (Å²) >= 11 is 0. The standard InChI is InChI=1S/C41H51F2N7O9/c1-41(2,3)38(32-19-26(28-20-27(42)9-10-29(28)43)22-48(32)21-25-7-5-4-6-8-25)49(37(56)24-51)18-15-30(44)39(57)46-17-16-45-33(52)12-11-31(40(58)59)47-34(53)23-50-35(54)13-14-36(50)55/h4-10,13-14,19-20,22,30-31,35,38,51,54H,11-12,15-18,21,23-24,44H2,1-3H3,(H,45,52)(H,46,57)(H,47,53)(H,58,59)/t30-,31-,35?,38-/m0/s1. The molecule has 0 radical (unpaired) electrons. The van der Waals surface area contributed by atoms with Crippen LogP contribution in [0.15, 0.2) is 72.9 Å². The zero-order valence-corrected chi connectivity index (χ0v) is 33.1. The van der Waals surface area contributed by atoms with Crippen molar-refractivity contribution in [3.8, 4) is 11.1 Å². The SMILES string of the molecule is CC(C)(C)[C@H](c1cc(-c2cc(F)ccc2F)cn1Cc1ccccc1)N(CC[C@H](N)C(=O)NCCNC(=O)CC[C@H](NC(=O)CN1C(=O)C=CC1O)C(=O)O)C(=O)CO. The second kappa shape index (κ2) is 20.6. The third-order valence-electron chi connectivity index (χ3n) is 9.62. The lowest BCUT2D eigenvalue weighted by molar-refractivity contribution is -0.143. The zero-order valence-electron chi connectivity index (χ0n) is 33.1. The Morgan fingerprint density at radius 3 is 2.29 bits per heavy atom. The second-order valence-corrected chi connectivity index (χ2v) is 15.2. The first-order chi connectivity index (χ1) is 27.9. The Morgan fingerprint density at radius 2 is 1.66 bits per heavy atom. The van der Waals surface area contributed by atoms with Crippen molar-refractivity contribution in [1.82, 2.24) is 30.3 Å². The molecule has 3 aromatic rings. The molecule has 0 fully saturated rings. The summed E-state index contributed by atoms with van der Waals surface area (Å²) in [7, 11) is 0. The van der Waals surface area contributed by atoms with Gasteiger partial charge in [-0.25, -0.2) is 13.6 Å². The van der Waals surface area contributed by atoms with Gasteiger partial charge in [0.15, 0.2) is 0 Å². The first-order valence-corrected chi connectivity index (χ1v) is 19.0. The molecule has 18 heteroatoms. The fraction of sp³-hybridized carbons (Fsp3) is 0.415. The molecule has 5 amide bonds. The van der Waals surface area contributed by atoms with Crippen LogP contribution < -0.4 is 21.7 Å². The first-order valence-electron chi connectivity index (χ1n) is 19.0. The molecule has 8 N–H and O–H groups in total. The van der Waals surface area contributed by atoms with Gasteiger partial charge < -0.3 is 51.4 Å². The van der Waals surface area contributed by atoms with Crippen molar-refractivity contribution in [2.24, 2.45) is 11.1 Å². The molecule has 0 spiro atoms. The number of carboxylic acids is 1. The molecule has 1 unspecified atom stereocenters. The van der Waals surface area contributed by atoms with Gasteiger partial charge in [-0.2, -0.15) is 0 Å². The molecule has 1 aliphatic rings. The van der Waals surface area contributed by atoms with Crippen LogP contribution >= 0.6 is 0 Å². The van der Waals surface area contributed by atoms with Crippen LogP contribution in [-0.2, 0) is 35.3 Å².